The summed E-state index contributed by atoms with van der Waals surface area (Å²) in [6.07, 6.45) is 0. The standard InChI is InChI=1S/C17H9ClFNO/c18-14-8-9-17(12-5-2-1-4-11(12)14)21-16-7-3-6-15(19)13(16)10-20/h1-9H. The maximum Gasteiger partial charge on any atom is 0.148 e. The van der Waals surface area contributed by atoms with Crippen molar-refractivity contribution in [3.8, 4) is 17.6 Å². The van der Waals surface area contributed by atoms with Crippen LogP contribution in [0.15, 0.2) is 54.6 Å². The molecule has 102 valence electrons. The topological polar surface area (TPSA) is 33.0 Å². The highest BCUT2D eigenvalue weighted by Crippen LogP contribution is 2.35. The van der Waals surface area contributed by atoms with E-state index >= 15 is 0 Å². The Morgan fingerprint density at radius 1 is 0.905 bits per heavy atom. The van der Waals surface area contributed by atoms with E-state index in [4.69, 9.17) is 21.6 Å². The summed E-state index contributed by atoms with van der Waals surface area (Å²) in [7, 11) is 0. The van der Waals surface area contributed by atoms with Crippen LogP contribution in [0.2, 0.25) is 5.02 Å². The molecule has 3 aromatic rings. The molecule has 0 aliphatic rings. The molecule has 0 amide bonds. The van der Waals surface area contributed by atoms with Crippen LogP contribution in [-0.2, 0) is 0 Å². The Balaban J connectivity index is 2.14. The molecule has 0 heterocycles. The Morgan fingerprint density at radius 2 is 1.67 bits per heavy atom. The summed E-state index contributed by atoms with van der Waals surface area (Å²) in [5.41, 5.74) is -0.114. The first kappa shape index (κ1) is 13.4. The molecule has 0 saturated carbocycles. The van der Waals surface area contributed by atoms with Gasteiger partial charge in [-0.2, -0.15) is 5.26 Å². The van der Waals surface area contributed by atoms with Crippen LogP contribution in [0, 0.1) is 17.1 Å². The third-order valence-corrected chi connectivity index (χ3v) is 3.47. The van der Waals surface area contributed by atoms with E-state index < -0.39 is 5.82 Å². The molecule has 0 radical (unpaired) electrons. The monoisotopic (exact) mass is 297 g/mol. The predicted molar refractivity (Wildman–Crippen MR) is 80.1 cm³/mol. The number of hydrogen-bond donors (Lipinski definition) is 0. The van der Waals surface area contributed by atoms with Gasteiger partial charge in [-0.15, -0.1) is 0 Å². The van der Waals surface area contributed by atoms with Gasteiger partial charge in [-0.25, -0.2) is 4.39 Å². The van der Waals surface area contributed by atoms with E-state index in [0.717, 1.165) is 10.8 Å². The van der Waals surface area contributed by atoms with Crippen molar-refractivity contribution in [3.05, 3.63) is 71.0 Å². The van der Waals surface area contributed by atoms with Crippen molar-refractivity contribution >= 4 is 22.4 Å². The van der Waals surface area contributed by atoms with Crippen LogP contribution in [0.25, 0.3) is 10.8 Å². The molecule has 4 heteroatoms. The molecule has 0 aromatic heterocycles. The fourth-order valence-corrected chi connectivity index (χ4v) is 2.37. The summed E-state index contributed by atoms with van der Waals surface area (Å²) in [5.74, 6) is 0.107. The van der Waals surface area contributed by atoms with Gasteiger partial charge in [-0.3, -0.25) is 0 Å². The van der Waals surface area contributed by atoms with Gasteiger partial charge in [-0.05, 0) is 24.3 Å². The lowest BCUT2D eigenvalue weighted by Crippen LogP contribution is -1.92. The molecule has 0 bridgehead atoms. The lowest BCUT2D eigenvalue weighted by molar-refractivity contribution is 0.479. The van der Waals surface area contributed by atoms with E-state index in [1.807, 2.05) is 30.3 Å². The van der Waals surface area contributed by atoms with Gasteiger partial charge in [0.25, 0.3) is 0 Å². The number of fused-ring (bicyclic) bond motifs is 1. The zero-order chi connectivity index (χ0) is 14.8. The molecule has 0 N–H and O–H groups in total. The van der Waals surface area contributed by atoms with Crippen LogP contribution in [0.5, 0.6) is 11.5 Å². The molecule has 0 unspecified atom stereocenters. The second-order valence-corrected chi connectivity index (χ2v) is 4.83. The van der Waals surface area contributed by atoms with E-state index in [1.54, 1.807) is 18.2 Å². The summed E-state index contributed by atoms with van der Waals surface area (Å²) in [6, 6.07) is 17.0. The summed E-state index contributed by atoms with van der Waals surface area (Å²) in [6.45, 7) is 0. The van der Waals surface area contributed by atoms with Gasteiger partial charge in [0, 0.05) is 15.8 Å². The lowest BCUT2D eigenvalue weighted by atomic mass is 10.1. The predicted octanol–water partition coefficient (Wildman–Crippen LogP) is 5.30. The minimum atomic E-state index is -0.603. The van der Waals surface area contributed by atoms with E-state index in [0.29, 0.717) is 10.8 Å². The number of halogens is 2. The average Bonchev–Trinajstić information content (AvgIpc) is 2.51. The van der Waals surface area contributed by atoms with Crippen molar-refractivity contribution < 1.29 is 9.13 Å². The Labute approximate surface area is 126 Å². The minimum Gasteiger partial charge on any atom is -0.455 e. The van der Waals surface area contributed by atoms with Crippen LogP contribution in [-0.4, -0.2) is 0 Å². The largest absolute Gasteiger partial charge is 0.455 e. The summed E-state index contributed by atoms with van der Waals surface area (Å²) < 4.78 is 19.3. The third kappa shape index (κ3) is 2.42. The van der Waals surface area contributed by atoms with Gasteiger partial charge in [0.1, 0.15) is 28.9 Å². The van der Waals surface area contributed by atoms with Crippen molar-refractivity contribution in [1.29, 1.82) is 5.26 Å². The first-order valence-electron chi connectivity index (χ1n) is 6.24. The number of nitriles is 1. The molecule has 0 spiro atoms. The number of benzene rings is 3. The fraction of sp³-hybridized carbons (Fsp3) is 0. The Morgan fingerprint density at radius 3 is 2.43 bits per heavy atom. The Bertz CT molecular complexity index is 870. The maximum atomic E-state index is 13.6. The van der Waals surface area contributed by atoms with Gasteiger partial charge in [0.15, 0.2) is 0 Å². The number of hydrogen-bond acceptors (Lipinski definition) is 2. The highest BCUT2D eigenvalue weighted by Gasteiger charge is 2.12. The summed E-state index contributed by atoms with van der Waals surface area (Å²) >= 11 is 6.15. The molecular weight excluding hydrogens is 289 g/mol. The Kier molecular flexibility index (Phi) is 3.47. The molecule has 2 nitrogen and oxygen atoms in total. The number of ether oxygens (including phenoxy) is 1. The molecule has 21 heavy (non-hydrogen) atoms. The van der Waals surface area contributed by atoms with Crippen molar-refractivity contribution in [2.75, 3.05) is 0 Å². The zero-order valence-corrected chi connectivity index (χ0v) is 11.6. The van der Waals surface area contributed by atoms with Crippen LogP contribution in [0.3, 0.4) is 0 Å². The second-order valence-electron chi connectivity index (χ2n) is 4.42. The first-order valence-corrected chi connectivity index (χ1v) is 6.62. The molecular formula is C17H9ClFNO. The van der Waals surface area contributed by atoms with Gasteiger partial charge < -0.3 is 4.74 Å². The minimum absolute atomic E-state index is 0.114. The summed E-state index contributed by atoms with van der Waals surface area (Å²) in [4.78, 5) is 0. The van der Waals surface area contributed by atoms with Gasteiger partial charge in [-0.1, -0.05) is 41.9 Å². The van der Waals surface area contributed by atoms with Gasteiger partial charge >= 0.3 is 0 Å². The molecule has 0 saturated heterocycles. The van der Waals surface area contributed by atoms with Crippen molar-refractivity contribution in [1.82, 2.24) is 0 Å². The molecule has 0 atom stereocenters. The smallest absolute Gasteiger partial charge is 0.148 e. The van der Waals surface area contributed by atoms with E-state index in [2.05, 4.69) is 0 Å². The number of rotatable bonds is 2. The molecule has 0 aliphatic heterocycles. The van der Waals surface area contributed by atoms with E-state index in [-0.39, 0.29) is 11.3 Å². The lowest BCUT2D eigenvalue weighted by Gasteiger charge is -2.11. The van der Waals surface area contributed by atoms with Crippen LogP contribution < -0.4 is 4.74 Å². The van der Waals surface area contributed by atoms with Crippen LogP contribution in [0.4, 0.5) is 4.39 Å². The van der Waals surface area contributed by atoms with Crippen molar-refractivity contribution in [2.24, 2.45) is 0 Å². The Hall–Kier alpha value is -2.57. The molecule has 0 aliphatic carbocycles. The highest BCUT2D eigenvalue weighted by atomic mass is 35.5. The van der Waals surface area contributed by atoms with Crippen LogP contribution >= 0.6 is 11.6 Å². The molecule has 0 fully saturated rings. The fourth-order valence-electron chi connectivity index (χ4n) is 2.14. The summed E-state index contributed by atoms with van der Waals surface area (Å²) in [5, 5.41) is 11.3. The quantitative estimate of drug-likeness (QED) is 0.643. The highest BCUT2D eigenvalue weighted by molar-refractivity contribution is 6.35. The zero-order valence-electron chi connectivity index (χ0n) is 10.8. The normalized spacial score (nSPS) is 10.3. The average molecular weight is 298 g/mol. The van der Waals surface area contributed by atoms with Crippen LogP contribution in [0.1, 0.15) is 5.56 Å². The second kappa shape index (κ2) is 5.43. The first-order chi connectivity index (χ1) is 10.2. The number of nitrogens with zero attached hydrogens (tertiary/aromatic N) is 1. The third-order valence-electron chi connectivity index (χ3n) is 3.14. The van der Waals surface area contributed by atoms with Crippen molar-refractivity contribution in [2.45, 2.75) is 0 Å². The van der Waals surface area contributed by atoms with Crippen molar-refractivity contribution in [3.63, 3.8) is 0 Å². The molecule has 3 rings (SSSR count). The van der Waals surface area contributed by atoms with Gasteiger partial charge in [0.2, 0.25) is 0 Å². The maximum absolute atomic E-state index is 13.6. The van der Waals surface area contributed by atoms with E-state index in [1.165, 1.54) is 12.1 Å². The SMILES string of the molecule is N#Cc1c(F)cccc1Oc1ccc(Cl)c2ccccc12. The van der Waals surface area contributed by atoms with E-state index in [9.17, 15) is 4.39 Å². The van der Waals surface area contributed by atoms with Gasteiger partial charge in [0.05, 0.1) is 0 Å². The molecule has 3 aromatic carbocycles.